The van der Waals surface area contributed by atoms with Gasteiger partial charge in [0.1, 0.15) is 18.3 Å². The third-order valence-corrected chi connectivity index (χ3v) is 11.3. The zero-order valence-electron chi connectivity index (χ0n) is 25.7. The highest BCUT2D eigenvalue weighted by molar-refractivity contribution is 7.15. The number of nitrogen functional groups attached to an aromatic ring is 1. The van der Waals surface area contributed by atoms with E-state index in [0.717, 1.165) is 30.7 Å². The second-order valence-electron chi connectivity index (χ2n) is 12.7. The molecule has 0 spiro atoms. The number of thiazole rings is 1. The number of carbonyl (C=O) groups excluding carboxylic acids is 1. The number of nitrogens with zero attached hydrogens (tertiary/aromatic N) is 6. The number of nitrogens with two attached hydrogens (primary N) is 1. The maximum atomic E-state index is 17.0. The average molecular weight is 684 g/mol. The molecule has 47 heavy (non-hydrogen) atoms. The van der Waals surface area contributed by atoms with Crippen LogP contribution in [-0.2, 0) is 4.79 Å². The number of ether oxygens (including phenoxy) is 1. The Hall–Kier alpha value is -3.86. The summed E-state index contributed by atoms with van der Waals surface area (Å²) in [5, 5.41) is 0.499. The highest BCUT2D eigenvalue weighted by atomic mass is 35.5. The van der Waals surface area contributed by atoms with Crippen LogP contribution in [0.5, 0.6) is 5.88 Å². The second-order valence-corrected chi connectivity index (χ2v) is 14.1. The molecule has 2 N–H and O–H groups in total. The van der Waals surface area contributed by atoms with Gasteiger partial charge in [-0.05, 0) is 44.0 Å². The van der Waals surface area contributed by atoms with Gasteiger partial charge in [0.25, 0.3) is 5.69 Å². The van der Waals surface area contributed by atoms with Crippen LogP contribution in [0.2, 0.25) is 5.02 Å². The summed E-state index contributed by atoms with van der Waals surface area (Å²) in [6, 6.07) is 1.36. The van der Waals surface area contributed by atoms with E-state index < -0.39 is 29.6 Å². The fraction of sp³-hybridized carbons (Fsp3) is 0.455. The Labute approximate surface area is 279 Å². The number of benzene rings is 1. The van der Waals surface area contributed by atoms with Crippen LogP contribution in [0.1, 0.15) is 53.9 Å². The maximum Gasteiger partial charge on any atom is 0.270 e. The molecule has 1 aliphatic carbocycles. The van der Waals surface area contributed by atoms with Crippen molar-refractivity contribution < 1.29 is 22.7 Å². The van der Waals surface area contributed by atoms with Gasteiger partial charge < -0.3 is 20.3 Å². The van der Waals surface area contributed by atoms with Gasteiger partial charge in [-0.1, -0.05) is 35.6 Å². The number of hydrogen-bond donors (Lipinski definition) is 1. The van der Waals surface area contributed by atoms with Crippen molar-refractivity contribution >= 4 is 56.3 Å². The van der Waals surface area contributed by atoms with Crippen molar-refractivity contribution in [2.24, 2.45) is 0 Å². The molecule has 0 radical (unpaired) electrons. The molecule has 1 aromatic carbocycles. The number of rotatable bonds is 7. The lowest BCUT2D eigenvalue weighted by molar-refractivity contribution is -0.125. The lowest BCUT2D eigenvalue weighted by atomic mass is 9.88. The summed E-state index contributed by atoms with van der Waals surface area (Å²) in [4.78, 5) is 31.1. The van der Waals surface area contributed by atoms with Gasteiger partial charge in [-0.3, -0.25) is 9.69 Å². The molecule has 5 atom stereocenters. The van der Waals surface area contributed by atoms with Gasteiger partial charge in [0, 0.05) is 55.1 Å². The van der Waals surface area contributed by atoms with Gasteiger partial charge in [-0.15, -0.1) is 0 Å². The van der Waals surface area contributed by atoms with E-state index in [1.807, 2.05) is 4.90 Å². The second kappa shape index (κ2) is 12.0. The smallest absolute Gasteiger partial charge is 0.270 e. The number of pyridine rings is 1. The number of alkyl halides is 2. The summed E-state index contributed by atoms with van der Waals surface area (Å²) in [6.07, 6.45) is 4.27. The molecule has 246 valence electrons. The Balaban J connectivity index is 1.37. The first kappa shape index (κ1) is 31.7. The van der Waals surface area contributed by atoms with E-state index in [1.165, 1.54) is 18.2 Å². The van der Waals surface area contributed by atoms with Gasteiger partial charge in [0.05, 0.1) is 34.3 Å². The SMILES string of the molecule is [C-]#[N+]c1c(OC[C@@]23CCCN2C[C@H](F)C3)nc2c(F)c([C@H]3C=C[C@@H](F)c4sc(N)nc43)c(Cl)cc2c1N(C)[C@@H]1CCN(C(=O)C=C)C1. The van der Waals surface area contributed by atoms with Crippen LogP contribution in [-0.4, -0.2) is 83.3 Å². The van der Waals surface area contributed by atoms with Crippen molar-refractivity contribution in [2.45, 2.75) is 55.5 Å². The number of fused-ring (bicyclic) bond motifs is 3. The van der Waals surface area contributed by atoms with E-state index in [9.17, 15) is 13.6 Å². The summed E-state index contributed by atoms with van der Waals surface area (Å²) < 4.78 is 52.6. The number of hydrogen-bond acceptors (Lipinski definition) is 8. The fourth-order valence-corrected chi connectivity index (χ4v) is 8.91. The van der Waals surface area contributed by atoms with Crippen molar-refractivity contribution in [3.8, 4) is 5.88 Å². The molecule has 3 aromatic rings. The molecule has 3 aliphatic heterocycles. The van der Waals surface area contributed by atoms with E-state index in [4.69, 9.17) is 28.6 Å². The van der Waals surface area contributed by atoms with E-state index >= 15 is 4.39 Å². The average Bonchev–Trinajstić information content (AvgIpc) is 3.83. The topological polar surface area (TPSA) is 92.2 Å². The lowest BCUT2D eigenvalue weighted by Crippen LogP contribution is -2.43. The Bertz CT molecular complexity index is 1860. The number of aromatic nitrogens is 2. The number of amides is 1. The molecule has 3 fully saturated rings. The number of carbonyl (C=O) groups is 1. The summed E-state index contributed by atoms with van der Waals surface area (Å²) in [5.74, 6) is -1.85. The Morgan fingerprint density at radius 3 is 2.91 bits per heavy atom. The molecule has 5 heterocycles. The quantitative estimate of drug-likeness (QED) is 0.173. The van der Waals surface area contributed by atoms with Gasteiger partial charge in [0.2, 0.25) is 11.8 Å². The molecule has 3 saturated heterocycles. The first-order chi connectivity index (χ1) is 22.5. The highest BCUT2D eigenvalue weighted by Crippen LogP contribution is 2.50. The predicted octanol–water partition coefficient (Wildman–Crippen LogP) is 6.51. The zero-order chi connectivity index (χ0) is 33.2. The molecule has 1 amide bonds. The van der Waals surface area contributed by atoms with Crippen molar-refractivity contribution in [3.63, 3.8) is 0 Å². The molecule has 0 saturated carbocycles. The molecule has 14 heteroatoms. The Morgan fingerprint density at radius 1 is 1.34 bits per heavy atom. The molecular formula is C33H33ClF3N7O2S. The van der Waals surface area contributed by atoms with Crippen LogP contribution in [0.15, 0.2) is 30.9 Å². The zero-order valence-corrected chi connectivity index (χ0v) is 27.3. The summed E-state index contributed by atoms with van der Waals surface area (Å²) in [6.45, 7) is 13.8. The molecule has 9 nitrogen and oxygen atoms in total. The lowest BCUT2D eigenvalue weighted by Gasteiger charge is -2.33. The van der Waals surface area contributed by atoms with Crippen LogP contribution in [0.25, 0.3) is 15.7 Å². The van der Waals surface area contributed by atoms with Crippen molar-refractivity contribution in [3.05, 3.63) is 69.3 Å². The summed E-state index contributed by atoms with van der Waals surface area (Å²) in [7, 11) is 1.79. The van der Waals surface area contributed by atoms with E-state index in [0.29, 0.717) is 38.2 Å². The molecule has 0 unspecified atom stereocenters. The molecule has 4 aliphatic rings. The minimum absolute atomic E-state index is 0.0517. The highest BCUT2D eigenvalue weighted by Gasteiger charge is 2.49. The molecule has 2 aromatic heterocycles. The first-order valence-corrected chi connectivity index (χ1v) is 16.7. The fourth-order valence-electron chi connectivity index (χ4n) is 7.76. The van der Waals surface area contributed by atoms with Crippen LogP contribution >= 0.6 is 22.9 Å². The van der Waals surface area contributed by atoms with Crippen molar-refractivity contribution in [1.29, 1.82) is 0 Å². The summed E-state index contributed by atoms with van der Waals surface area (Å²) >= 11 is 7.85. The predicted molar refractivity (Wildman–Crippen MR) is 176 cm³/mol. The van der Waals surface area contributed by atoms with Gasteiger partial charge in [0.15, 0.2) is 17.1 Å². The number of likely N-dealkylation sites (tertiary alicyclic amines) is 1. The Morgan fingerprint density at radius 2 is 2.15 bits per heavy atom. The molecule has 7 rings (SSSR count). The van der Waals surface area contributed by atoms with Crippen LogP contribution < -0.4 is 15.4 Å². The Kier molecular flexibility index (Phi) is 8.09. The maximum absolute atomic E-state index is 17.0. The standard InChI is InChI=1S/C33H33ClF3N7O2S/c1-4-23(45)43-11-8-18(15-43)42(3)29-20-12-21(34)24(19-6-7-22(36)30-27(19)41-32(38)47-30)25(37)26(20)40-31(28(29)39-2)46-16-33-9-5-10-44(33)14-17(35)13-33/h4,6-7,12,17-19,22H,1,5,8-11,13-16H2,3H3,(H2,38,41)/t17-,18-,19-,22-,33+/m1/s1. The minimum Gasteiger partial charge on any atom is -0.484 e. The van der Waals surface area contributed by atoms with Gasteiger partial charge in [-0.25, -0.2) is 28.0 Å². The van der Waals surface area contributed by atoms with E-state index in [-0.39, 0.29) is 67.3 Å². The minimum atomic E-state index is -1.43. The molecule has 0 bridgehead atoms. The number of halogens is 4. The van der Waals surface area contributed by atoms with E-state index in [2.05, 4.69) is 26.3 Å². The third-order valence-electron chi connectivity index (χ3n) is 10.0. The largest absolute Gasteiger partial charge is 0.484 e. The number of anilines is 2. The van der Waals surface area contributed by atoms with Gasteiger partial charge >= 0.3 is 0 Å². The van der Waals surface area contributed by atoms with Crippen LogP contribution in [0.3, 0.4) is 0 Å². The number of allylic oxidation sites excluding steroid dienone is 2. The van der Waals surface area contributed by atoms with Gasteiger partial charge in [-0.2, -0.15) is 0 Å². The first-order valence-electron chi connectivity index (χ1n) is 15.5. The summed E-state index contributed by atoms with van der Waals surface area (Å²) in [5.41, 5.74) is 6.09. The third kappa shape index (κ3) is 5.21. The van der Waals surface area contributed by atoms with Crippen molar-refractivity contribution in [2.75, 3.05) is 50.5 Å². The molecular weight excluding hydrogens is 651 g/mol. The number of likely N-dealkylation sites (N-methyl/N-ethyl adjacent to an activating group) is 1. The van der Waals surface area contributed by atoms with Crippen LogP contribution in [0.4, 0.5) is 29.7 Å². The monoisotopic (exact) mass is 683 g/mol. The van der Waals surface area contributed by atoms with E-state index in [1.54, 1.807) is 18.0 Å². The van der Waals surface area contributed by atoms with Crippen LogP contribution in [0, 0.1) is 12.4 Å². The van der Waals surface area contributed by atoms with Crippen molar-refractivity contribution in [1.82, 2.24) is 19.8 Å². The normalized spacial score (nSPS) is 26.8.